The fourth-order valence-corrected chi connectivity index (χ4v) is 8.63. The Bertz CT molecular complexity index is 1540. The summed E-state index contributed by atoms with van der Waals surface area (Å²) in [5.74, 6) is -0.705. The number of nitriles is 1. The van der Waals surface area contributed by atoms with E-state index in [0.29, 0.717) is 0 Å². The van der Waals surface area contributed by atoms with Crippen molar-refractivity contribution < 1.29 is 22.2 Å². The molecule has 1 heterocycles. The maximum atomic E-state index is 14.3. The number of carbonyl (C=O) groups is 1. The molecule has 7 nitrogen and oxygen atoms in total. The van der Waals surface area contributed by atoms with Crippen LogP contribution in [-0.2, 0) is 24.5 Å². The summed E-state index contributed by atoms with van der Waals surface area (Å²) in [5.41, 5.74) is -0.0329. The molecule has 0 aliphatic rings. The van der Waals surface area contributed by atoms with Crippen LogP contribution in [0.3, 0.4) is 0 Å². The molecule has 3 rings (SSSR count). The van der Waals surface area contributed by atoms with E-state index < -0.39 is 31.3 Å². The van der Waals surface area contributed by atoms with E-state index in [1.54, 1.807) is 46.8 Å². The van der Waals surface area contributed by atoms with E-state index in [-0.39, 0.29) is 29.5 Å². The quantitative estimate of drug-likeness (QED) is 0.364. The van der Waals surface area contributed by atoms with Crippen molar-refractivity contribution >= 4 is 62.0 Å². The molecule has 0 saturated carbocycles. The minimum atomic E-state index is -4.54. The maximum Gasteiger partial charge on any atom is 0.338 e. The van der Waals surface area contributed by atoms with Crippen LogP contribution in [0.25, 0.3) is 0 Å². The van der Waals surface area contributed by atoms with Gasteiger partial charge in [0.15, 0.2) is 0 Å². The van der Waals surface area contributed by atoms with Crippen molar-refractivity contribution in [1.82, 2.24) is 0 Å². The first-order valence-electron chi connectivity index (χ1n) is 9.88. The molecule has 0 spiro atoms. The second kappa shape index (κ2) is 9.54. The van der Waals surface area contributed by atoms with Gasteiger partial charge < -0.3 is 4.74 Å². The van der Waals surface area contributed by atoms with Gasteiger partial charge in [0, 0.05) is 0 Å². The number of nitrogens with zero attached hydrogens (tertiary/aromatic N) is 2. The number of carbonyl (C=O) groups excluding carboxylic acids is 1. The summed E-state index contributed by atoms with van der Waals surface area (Å²) < 4.78 is 50.1. The first-order valence-corrected chi connectivity index (χ1v) is 14.0. The van der Waals surface area contributed by atoms with Gasteiger partial charge in [0.2, 0.25) is 0 Å². The van der Waals surface area contributed by atoms with Crippen LogP contribution in [0.15, 0.2) is 73.1 Å². The molecule has 0 amide bonds. The predicted molar refractivity (Wildman–Crippen MR) is 135 cm³/mol. The number of thiophene rings is 1. The highest BCUT2D eigenvalue weighted by molar-refractivity contribution is 8.03. The number of sulfonamides is 1. The van der Waals surface area contributed by atoms with Crippen LogP contribution >= 0.6 is 22.9 Å². The van der Waals surface area contributed by atoms with Crippen molar-refractivity contribution in [2.75, 3.05) is 0 Å². The molecule has 0 radical (unpaired) electrons. The van der Waals surface area contributed by atoms with Crippen molar-refractivity contribution in [3.8, 4) is 6.07 Å². The van der Waals surface area contributed by atoms with E-state index in [1.807, 2.05) is 6.07 Å². The van der Waals surface area contributed by atoms with Crippen LogP contribution in [-0.4, -0.2) is 32.0 Å². The average Bonchev–Trinajstić information content (AvgIpc) is 3.14. The SMILES string of the molecule is Bc1cccc(S(=O)(=NS(=O)(=O)c2cccc(C(=O)OC(C)(C)C)c2)c2cc(C#N)sc2Cl)c1. The fraction of sp³-hybridized carbons (Fsp3) is 0.182. The van der Waals surface area contributed by atoms with Gasteiger partial charge in [-0.15, -0.1) is 11.3 Å². The van der Waals surface area contributed by atoms with Crippen LogP contribution in [0.5, 0.6) is 0 Å². The van der Waals surface area contributed by atoms with Gasteiger partial charge in [0.25, 0.3) is 10.0 Å². The lowest BCUT2D eigenvalue weighted by Crippen LogP contribution is -2.24. The van der Waals surface area contributed by atoms with Gasteiger partial charge in [-0.25, -0.2) is 9.00 Å². The van der Waals surface area contributed by atoms with Gasteiger partial charge in [-0.1, -0.05) is 45.1 Å². The lowest BCUT2D eigenvalue weighted by molar-refractivity contribution is 0.00692. The summed E-state index contributed by atoms with van der Waals surface area (Å²) in [6.07, 6.45) is 0. The van der Waals surface area contributed by atoms with Gasteiger partial charge in [-0.3, -0.25) is 0 Å². The minimum absolute atomic E-state index is 0.00418. The standard InChI is InChI=1S/C22H20BClN2O5S3/c1-22(2,3)31-21(27)14-6-4-9-18(10-14)34(29,30)26-33(28,17-8-5-7-15(23)11-17)19-12-16(13-25)32-20(19)24/h4-12H,23H2,1-3H3. The molecule has 34 heavy (non-hydrogen) atoms. The smallest absolute Gasteiger partial charge is 0.338 e. The first-order chi connectivity index (χ1) is 15.7. The zero-order valence-corrected chi connectivity index (χ0v) is 21.9. The Morgan fingerprint density at radius 3 is 2.32 bits per heavy atom. The van der Waals surface area contributed by atoms with Crippen LogP contribution in [0.2, 0.25) is 4.34 Å². The summed E-state index contributed by atoms with van der Waals surface area (Å²) in [6.45, 7) is 5.08. The zero-order chi connectivity index (χ0) is 25.3. The molecule has 12 heteroatoms. The Balaban J connectivity index is 2.24. The van der Waals surface area contributed by atoms with E-state index in [9.17, 15) is 22.7 Å². The Morgan fingerprint density at radius 2 is 1.74 bits per heavy atom. The van der Waals surface area contributed by atoms with Crippen LogP contribution in [0.4, 0.5) is 0 Å². The van der Waals surface area contributed by atoms with Crippen molar-refractivity contribution in [2.24, 2.45) is 3.77 Å². The summed E-state index contributed by atoms with van der Waals surface area (Å²) in [6, 6.07) is 14.8. The van der Waals surface area contributed by atoms with Crippen molar-refractivity contribution in [3.05, 3.63) is 69.4 Å². The highest BCUT2D eigenvalue weighted by atomic mass is 35.5. The Morgan fingerprint density at radius 1 is 1.09 bits per heavy atom. The maximum absolute atomic E-state index is 14.3. The second-order valence-corrected chi connectivity index (χ2v) is 13.9. The van der Waals surface area contributed by atoms with Gasteiger partial charge >= 0.3 is 5.97 Å². The third-order valence-corrected chi connectivity index (χ3v) is 10.1. The van der Waals surface area contributed by atoms with Crippen LogP contribution in [0, 0.1) is 11.3 Å². The zero-order valence-electron chi connectivity index (χ0n) is 18.7. The Labute approximate surface area is 209 Å². The highest BCUT2D eigenvalue weighted by Crippen LogP contribution is 2.37. The molecule has 176 valence electrons. The van der Waals surface area contributed by atoms with Crippen molar-refractivity contribution in [2.45, 2.75) is 41.1 Å². The first kappa shape index (κ1) is 26.0. The van der Waals surface area contributed by atoms with E-state index in [2.05, 4.69) is 3.77 Å². The summed E-state index contributed by atoms with van der Waals surface area (Å²) in [4.78, 5) is 12.3. The minimum Gasteiger partial charge on any atom is -0.456 e. The molecule has 1 aromatic heterocycles. The van der Waals surface area contributed by atoms with E-state index in [0.717, 1.165) is 22.9 Å². The van der Waals surface area contributed by atoms with Gasteiger partial charge in [0.1, 0.15) is 38.5 Å². The molecule has 1 unspecified atom stereocenters. The third-order valence-electron chi connectivity index (χ3n) is 4.34. The van der Waals surface area contributed by atoms with E-state index in [4.69, 9.17) is 16.3 Å². The molecule has 0 fully saturated rings. The monoisotopic (exact) mass is 534 g/mol. The van der Waals surface area contributed by atoms with E-state index >= 15 is 0 Å². The second-order valence-electron chi connectivity index (χ2n) is 8.28. The average molecular weight is 535 g/mol. The summed E-state index contributed by atoms with van der Waals surface area (Å²) in [5, 5.41) is 9.25. The normalized spacial score (nSPS) is 13.5. The Kier molecular flexibility index (Phi) is 7.29. The van der Waals surface area contributed by atoms with Crippen molar-refractivity contribution in [1.29, 1.82) is 5.26 Å². The topological polar surface area (TPSA) is 114 Å². The molecule has 0 aliphatic heterocycles. The molecule has 0 N–H and O–H groups in total. The molecule has 0 saturated heterocycles. The lowest BCUT2D eigenvalue weighted by Gasteiger charge is -2.19. The van der Waals surface area contributed by atoms with Gasteiger partial charge in [0.05, 0.1) is 20.2 Å². The summed E-state index contributed by atoms with van der Waals surface area (Å²) >= 11 is 7.16. The van der Waals surface area contributed by atoms with E-state index in [1.165, 1.54) is 30.3 Å². The predicted octanol–water partition coefficient (Wildman–Crippen LogP) is 3.76. The molecule has 0 aliphatic carbocycles. The number of hydrogen-bond acceptors (Lipinski definition) is 7. The number of esters is 1. The number of rotatable bonds is 5. The van der Waals surface area contributed by atoms with Crippen LogP contribution < -0.4 is 5.46 Å². The third kappa shape index (κ3) is 5.70. The molecule has 1 atom stereocenters. The number of halogens is 1. The van der Waals surface area contributed by atoms with Gasteiger partial charge in [-0.2, -0.15) is 13.7 Å². The van der Waals surface area contributed by atoms with Crippen molar-refractivity contribution in [3.63, 3.8) is 0 Å². The summed E-state index contributed by atoms with van der Waals surface area (Å²) in [7, 11) is -6.58. The Hall–Kier alpha value is -2.65. The van der Waals surface area contributed by atoms with Crippen LogP contribution in [0.1, 0.15) is 36.0 Å². The molecular formula is C22H20BClN2O5S3. The van der Waals surface area contributed by atoms with Gasteiger partial charge in [-0.05, 0) is 51.1 Å². The molecule has 0 bridgehead atoms. The molecule has 2 aromatic carbocycles. The number of ether oxygens (including phenoxy) is 1. The number of hydrogen-bond donors (Lipinski definition) is 0. The largest absolute Gasteiger partial charge is 0.456 e. The molecular weight excluding hydrogens is 515 g/mol. The lowest BCUT2D eigenvalue weighted by atomic mass is 9.97. The molecule has 3 aromatic rings. The fourth-order valence-electron chi connectivity index (χ4n) is 2.90. The highest BCUT2D eigenvalue weighted by Gasteiger charge is 2.28. The number of benzene rings is 2.